The molecule has 3 aliphatic rings. The summed E-state index contributed by atoms with van der Waals surface area (Å²) in [6, 6.07) is 7.77. The Balaban J connectivity index is 1.09. The van der Waals surface area contributed by atoms with Crippen molar-refractivity contribution in [1.82, 2.24) is 20.0 Å². The molecule has 3 aromatic rings. The number of fused-ring (bicyclic) bond motifs is 1. The van der Waals surface area contributed by atoms with E-state index in [4.69, 9.17) is 16.9 Å². The third-order valence-corrected chi connectivity index (χ3v) is 8.52. The Labute approximate surface area is 267 Å². The SMILES string of the molecule is CC(C)(C(=O)Nc1ccc(C#N)c(Cl)c1)n1cc(C#CC2CN(c3cc4c(cc3F)C(=O)N(C3CCC(=O)NC3=O)C4=O)C2)cn1. The molecule has 1 unspecified atom stereocenters. The van der Waals surface area contributed by atoms with Crippen LogP contribution in [-0.4, -0.2) is 63.3 Å². The van der Waals surface area contributed by atoms with Crippen molar-refractivity contribution in [3.8, 4) is 17.9 Å². The highest BCUT2D eigenvalue weighted by Gasteiger charge is 2.45. The first-order valence-electron chi connectivity index (χ1n) is 14.2. The number of carbonyl (C=O) groups is 5. The molecule has 0 aliphatic carbocycles. The maximum atomic E-state index is 15.1. The molecule has 3 aliphatic heterocycles. The highest BCUT2D eigenvalue weighted by Crippen LogP contribution is 2.35. The van der Waals surface area contributed by atoms with Gasteiger partial charge in [-0.15, -0.1) is 0 Å². The maximum Gasteiger partial charge on any atom is 0.262 e. The molecular weight excluding hydrogens is 617 g/mol. The summed E-state index contributed by atoms with van der Waals surface area (Å²) in [5.41, 5.74) is 0.237. The molecule has 1 atom stereocenters. The van der Waals surface area contributed by atoms with Crippen molar-refractivity contribution in [2.75, 3.05) is 23.3 Å². The molecule has 2 saturated heterocycles. The first-order valence-corrected chi connectivity index (χ1v) is 14.6. The minimum absolute atomic E-state index is 0.00183. The Morgan fingerprint density at radius 1 is 1.13 bits per heavy atom. The van der Waals surface area contributed by atoms with Crippen LogP contribution in [-0.2, 0) is 19.9 Å². The van der Waals surface area contributed by atoms with Gasteiger partial charge in [0.2, 0.25) is 11.8 Å². The van der Waals surface area contributed by atoms with Gasteiger partial charge in [0.15, 0.2) is 0 Å². The fourth-order valence-electron chi connectivity index (χ4n) is 5.44. The molecule has 12 nitrogen and oxygen atoms in total. The van der Waals surface area contributed by atoms with Gasteiger partial charge in [0.25, 0.3) is 17.7 Å². The van der Waals surface area contributed by atoms with Crippen LogP contribution in [0, 0.1) is 34.9 Å². The van der Waals surface area contributed by atoms with E-state index in [1.54, 1.807) is 31.0 Å². The van der Waals surface area contributed by atoms with Crippen LogP contribution < -0.4 is 15.5 Å². The molecule has 2 aromatic carbocycles. The summed E-state index contributed by atoms with van der Waals surface area (Å²) in [6.45, 7) is 4.12. The van der Waals surface area contributed by atoms with Crippen molar-refractivity contribution in [2.24, 2.45) is 5.92 Å². The number of aromatic nitrogens is 2. The Bertz CT molecular complexity index is 1960. The first-order chi connectivity index (χ1) is 21.9. The zero-order valence-corrected chi connectivity index (χ0v) is 25.3. The Kier molecular flexibility index (Phi) is 7.58. The first kappa shape index (κ1) is 30.5. The van der Waals surface area contributed by atoms with E-state index in [2.05, 4.69) is 27.6 Å². The number of piperidine rings is 1. The lowest BCUT2D eigenvalue weighted by molar-refractivity contribution is -0.136. The summed E-state index contributed by atoms with van der Waals surface area (Å²) in [4.78, 5) is 65.4. The smallest absolute Gasteiger partial charge is 0.262 e. The van der Waals surface area contributed by atoms with Crippen LogP contribution in [0.15, 0.2) is 42.7 Å². The van der Waals surface area contributed by atoms with Crippen LogP contribution in [0.4, 0.5) is 15.8 Å². The molecule has 2 N–H and O–H groups in total. The van der Waals surface area contributed by atoms with Gasteiger partial charge in [0, 0.05) is 31.4 Å². The lowest BCUT2D eigenvalue weighted by Crippen LogP contribution is -2.54. The van der Waals surface area contributed by atoms with Gasteiger partial charge >= 0.3 is 0 Å². The van der Waals surface area contributed by atoms with Gasteiger partial charge in [0.1, 0.15) is 23.5 Å². The topological polar surface area (TPSA) is 158 Å². The second kappa shape index (κ2) is 11.4. The molecule has 1 aromatic heterocycles. The number of nitriles is 1. The van der Waals surface area contributed by atoms with Gasteiger partial charge < -0.3 is 10.2 Å². The van der Waals surface area contributed by atoms with Crippen molar-refractivity contribution in [2.45, 2.75) is 38.3 Å². The van der Waals surface area contributed by atoms with Crippen molar-refractivity contribution >= 4 is 52.5 Å². The fourth-order valence-corrected chi connectivity index (χ4v) is 5.66. The monoisotopic (exact) mass is 641 g/mol. The maximum absolute atomic E-state index is 15.1. The second-order valence-corrected chi connectivity index (χ2v) is 12.1. The van der Waals surface area contributed by atoms with E-state index >= 15 is 4.39 Å². The Morgan fingerprint density at radius 3 is 2.52 bits per heavy atom. The summed E-state index contributed by atoms with van der Waals surface area (Å²) in [6.07, 6.45) is 3.18. The molecule has 0 bridgehead atoms. The number of nitrogens with zero attached hydrogens (tertiary/aromatic N) is 5. The number of hydrogen-bond donors (Lipinski definition) is 2. The number of amides is 5. The van der Waals surface area contributed by atoms with Crippen LogP contribution in [0.25, 0.3) is 0 Å². The second-order valence-electron chi connectivity index (χ2n) is 11.7. The van der Waals surface area contributed by atoms with E-state index < -0.39 is 41.0 Å². The molecular formula is C32H25ClFN7O5. The van der Waals surface area contributed by atoms with E-state index in [1.165, 1.54) is 29.1 Å². The lowest BCUT2D eigenvalue weighted by Gasteiger charge is -2.38. The summed E-state index contributed by atoms with van der Waals surface area (Å²) < 4.78 is 16.6. The predicted molar refractivity (Wildman–Crippen MR) is 162 cm³/mol. The van der Waals surface area contributed by atoms with Crippen molar-refractivity contribution in [1.29, 1.82) is 5.26 Å². The number of nitrogens with one attached hydrogen (secondary N) is 2. The van der Waals surface area contributed by atoms with Crippen molar-refractivity contribution < 1.29 is 28.4 Å². The molecule has 46 heavy (non-hydrogen) atoms. The molecule has 4 heterocycles. The van der Waals surface area contributed by atoms with Gasteiger partial charge in [-0.1, -0.05) is 23.4 Å². The van der Waals surface area contributed by atoms with Gasteiger partial charge in [-0.3, -0.25) is 38.9 Å². The van der Waals surface area contributed by atoms with E-state index in [0.717, 1.165) is 11.0 Å². The molecule has 232 valence electrons. The lowest BCUT2D eigenvalue weighted by atomic mass is 9.98. The zero-order chi connectivity index (χ0) is 32.9. The Hall–Kier alpha value is -5.53. The highest BCUT2D eigenvalue weighted by atomic mass is 35.5. The third kappa shape index (κ3) is 5.35. The minimum Gasteiger partial charge on any atom is -0.367 e. The predicted octanol–water partition coefficient (Wildman–Crippen LogP) is 2.81. The number of halogens is 2. The van der Waals surface area contributed by atoms with E-state index in [9.17, 15) is 24.0 Å². The molecule has 0 spiro atoms. The quantitative estimate of drug-likeness (QED) is 0.318. The number of carbonyl (C=O) groups excluding carboxylic acids is 5. The Morgan fingerprint density at radius 2 is 1.85 bits per heavy atom. The van der Waals surface area contributed by atoms with Gasteiger partial charge in [-0.25, -0.2) is 4.39 Å². The van der Waals surface area contributed by atoms with Crippen LogP contribution in [0.5, 0.6) is 0 Å². The van der Waals surface area contributed by atoms with Crippen LogP contribution in [0.1, 0.15) is 58.5 Å². The van der Waals surface area contributed by atoms with Crippen molar-refractivity contribution in [3.05, 3.63) is 75.8 Å². The third-order valence-electron chi connectivity index (χ3n) is 8.21. The summed E-state index contributed by atoms with van der Waals surface area (Å²) in [5.74, 6) is 2.31. The summed E-state index contributed by atoms with van der Waals surface area (Å²) in [5, 5.41) is 18.5. The molecule has 5 amide bonds. The number of imide groups is 2. The molecule has 0 radical (unpaired) electrons. The van der Waals surface area contributed by atoms with Crippen LogP contribution in [0.3, 0.4) is 0 Å². The van der Waals surface area contributed by atoms with Crippen molar-refractivity contribution in [3.63, 3.8) is 0 Å². The van der Waals surface area contributed by atoms with E-state index in [0.29, 0.717) is 29.9 Å². The molecule has 2 fully saturated rings. The van der Waals surface area contributed by atoms with E-state index in [1.807, 2.05) is 6.07 Å². The average Bonchev–Trinajstić information content (AvgIpc) is 3.56. The van der Waals surface area contributed by atoms with Crippen LogP contribution in [0.2, 0.25) is 5.02 Å². The van der Waals surface area contributed by atoms with E-state index in [-0.39, 0.29) is 46.5 Å². The fraction of sp³-hybridized carbons (Fsp3) is 0.281. The minimum atomic E-state index is -1.13. The summed E-state index contributed by atoms with van der Waals surface area (Å²) in [7, 11) is 0. The zero-order valence-electron chi connectivity index (χ0n) is 24.6. The number of benzene rings is 2. The normalized spacial score (nSPS) is 17.9. The molecule has 6 rings (SSSR count). The van der Waals surface area contributed by atoms with Gasteiger partial charge in [-0.05, 0) is 50.6 Å². The van der Waals surface area contributed by atoms with Gasteiger partial charge in [-0.2, -0.15) is 10.4 Å². The standard InChI is InChI=1S/C32H25ClFN7O5/c1-32(2,31(46)37-20-6-5-19(12-35)23(33)9-20)40-16-17(13-36-40)3-4-18-14-39(15-18)26-11-22-21(10-24(26)34)29(44)41(30(22)45)25-7-8-27(42)38-28(25)43/h5-6,9-11,13,16,18,25H,7-8,14-15H2,1-2H3,(H,37,46)(H,38,42,43). The van der Waals surface area contributed by atoms with Gasteiger partial charge in [0.05, 0.1) is 45.1 Å². The summed E-state index contributed by atoms with van der Waals surface area (Å²) >= 11 is 6.07. The largest absolute Gasteiger partial charge is 0.367 e. The number of hydrogen-bond acceptors (Lipinski definition) is 8. The average molecular weight is 642 g/mol. The number of anilines is 2. The highest BCUT2D eigenvalue weighted by molar-refractivity contribution is 6.32. The molecule has 14 heteroatoms. The molecule has 0 saturated carbocycles. The number of rotatable bonds is 5. The van der Waals surface area contributed by atoms with Crippen LogP contribution >= 0.6 is 11.6 Å².